The standard InChI is InChI=1S/C33H35ClN8O3/c1-19(2)8-26-24(10-35)32(25-13-38-42(33(25)39-26)27-6-7-40(14-20(27)3)23-16-44-17-23)21-4-5-28-29(9-21)45-18-31(43)41(28)15-30-36-11-22(34)12-37-30/h4-5,9,11-13,19-20,23,27H,6-8,14-18H2,1-3H3. The summed E-state index contributed by atoms with van der Waals surface area (Å²) in [6.45, 7) is 10.2. The molecule has 1 aromatic carbocycles. The van der Waals surface area contributed by atoms with Crippen molar-refractivity contribution in [1.29, 1.82) is 5.26 Å². The fourth-order valence-electron chi connectivity index (χ4n) is 6.69. The number of rotatable bonds is 7. The van der Waals surface area contributed by atoms with E-state index in [-0.39, 0.29) is 25.1 Å². The summed E-state index contributed by atoms with van der Waals surface area (Å²) in [6, 6.07) is 8.88. The maximum atomic E-state index is 12.9. The van der Waals surface area contributed by atoms with Gasteiger partial charge in [-0.1, -0.05) is 38.4 Å². The summed E-state index contributed by atoms with van der Waals surface area (Å²) in [5.41, 5.74) is 4.33. The Morgan fingerprint density at radius 2 is 1.98 bits per heavy atom. The maximum absolute atomic E-state index is 12.9. The molecule has 2 atom stereocenters. The Labute approximate surface area is 266 Å². The molecule has 1 amide bonds. The molecule has 4 aromatic rings. The van der Waals surface area contributed by atoms with Crippen LogP contribution in [0.4, 0.5) is 5.69 Å². The van der Waals surface area contributed by atoms with Gasteiger partial charge in [-0.05, 0) is 42.4 Å². The number of anilines is 1. The first-order chi connectivity index (χ1) is 21.8. The van der Waals surface area contributed by atoms with Crippen molar-refractivity contribution in [2.75, 3.05) is 37.8 Å². The molecule has 0 N–H and O–H groups in total. The molecule has 45 heavy (non-hydrogen) atoms. The van der Waals surface area contributed by atoms with Gasteiger partial charge in [0, 0.05) is 36.4 Å². The molecule has 2 unspecified atom stereocenters. The molecule has 12 heteroatoms. The third-order valence-electron chi connectivity index (χ3n) is 9.04. The van der Waals surface area contributed by atoms with Crippen molar-refractivity contribution in [1.82, 2.24) is 29.6 Å². The summed E-state index contributed by atoms with van der Waals surface area (Å²) in [5.74, 6) is 1.51. The number of halogens is 1. The Hall–Kier alpha value is -4.11. The Morgan fingerprint density at radius 1 is 1.18 bits per heavy atom. The van der Waals surface area contributed by atoms with Crippen LogP contribution in [0.5, 0.6) is 5.75 Å². The molecule has 0 bridgehead atoms. The number of carbonyl (C=O) groups excluding carboxylic acids is 1. The predicted octanol–water partition coefficient (Wildman–Crippen LogP) is 4.82. The van der Waals surface area contributed by atoms with E-state index in [0.29, 0.717) is 52.1 Å². The zero-order valence-electron chi connectivity index (χ0n) is 25.6. The Kier molecular flexibility index (Phi) is 7.89. The van der Waals surface area contributed by atoms with Crippen molar-refractivity contribution < 1.29 is 14.3 Å². The van der Waals surface area contributed by atoms with E-state index >= 15 is 0 Å². The highest BCUT2D eigenvalue weighted by Crippen LogP contribution is 2.41. The number of carbonyl (C=O) groups is 1. The number of hydrogen-bond acceptors (Lipinski definition) is 9. The topological polar surface area (TPSA) is 122 Å². The van der Waals surface area contributed by atoms with Crippen LogP contribution in [0.3, 0.4) is 0 Å². The minimum absolute atomic E-state index is 0.110. The number of fused-ring (bicyclic) bond motifs is 2. The predicted molar refractivity (Wildman–Crippen MR) is 169 cm³/mol. The highest BCUT2D eigenvalue weighted by Gasteiger charge is 2.36. The van der Waals surface area contributed by atoms with Gasteiger partial charge in [0.25, 0.3) is 5.91 Å². The summed E-state index contributed by atoms with van der Waals surface area (Å²) < 4.78 is 13.5. The Morgan fingerprint density at radius 3 is 2.67 bits per heavy atom. The van der Waals surface area contributed by atoms with Crippen LogP contribution in [0, 0.1) is 23.2 Å². The van der Waals surface area contributed by atoms with Crippen molar-refractivity contribution >= 4 is 34.2 Å². The summed E-state index contributed by atoms with van der Waals surface area (Å²) in [7, 11) is 0. The minimum atomic E-state index is -0.191. The fraction of sp³-hybridized carbons (Fsp3) is 0.455. The largest absolute Gasteiger partial charge is 0.482 e. The number of amides is 1. The summed E-state index contributed by atoms with van der Waals surface area (Å²) >= 11 is 5.96. The molecule has 0 radical (unpaired) electrons. The second-order valence-electron chi connectivity index (χ2n) is 12.6. The molecule has 0 saturated carbocycles. The fourth-order valence-corrected chi connectivity index (χ4v) is 6.79. The average Bonchev–Trinajstić information content (AvgIpc) is 3.40. The monoisotopic (exact) mass is 626 g/mol. The van der Waals surface area contributed by atoms with E-state index in [1.807, 2.05) is 24.4 Å². The zero-order chi connectivity index (χ0) is 31.2. The van der Waals surface area contributed by atoms with Crippen LogP contribution in [-0.4, -0.2) is 74.5 Å². The van der Waals surface area contributed by atoms with Crippen molar-refractivity contribution in [2.24, 2.45) is 11.8 Å². The maximum Gasteiger partial charge on any atom is 0.265 e. The van der Waals surface area contributed by atoms with E-state index in [1.165, 1.54) is 12.4 Å². The lowest BCUT2D eigenvalue weighted by Crippen LogP contribution is -2.54. The van der Waals surface area contributed by atoms with E-state index in [9.17, 15) is 10.1 Å². The number of likely N-dealkylation sites (tertiary alicyclic amines) is 1. The molecule has 11 nitrogen and oxygen atoms in total. The van der Waals surface area contributed by atoms with Gasteiger partial charge in [0.1, 0.15) is 17.6 Å². The number of benzene rings is 1. The van der Waals surface area contributed by atoms with Crippen molar-refractivity contribution in [3.63, 3.8) is 0 Å². The van der Waals surface area contributed by atoms with Crippen LogP contribution in [-0.2, 0) is 22.5 Å². The summed E-state index contributed by atoms with van der Waals surface area (Å²) in [5, 5.41) is 16.7. The second-order valence-corrected chi connectivity index (χ2v) is 13.1. The third-order valence-corrected chi connectivity index (χ3v) is 9.23. The van der Waals surface area contributed by atoms with E-state index < -0.39 is 0 Å². The second kappa shape index (κ2) is 12.0. The summed E-state index contributed by atoms with van der Waals surface area (Å²) in [4.78, 5) is 30.7. The van der Waals surface area contributed by atoms with Gasteiger partial charge in [-0.2, -0.15) is 10.4 Å². The summed E-state index contributed by atoms with van der Waals surface area (Å²) in [6.07, 6.45) is 6.51. The van der Waals surface area contributed by atoms with Crippen LogP contribution in [0.2, 0.25) is 5.02 Å². The lowest BCUT2D eigenvalue weighted by Gasteiger charge is -2.44. The minimum Gasteiger partial charge on any atom is -0.482 e. The number of pyridine rings is 1. The highest BCUT2D eigenvalue weighted by molar-refractivity contribution is 6.30. The molecule has 2 saturated heterocycles. The third kappa shape index (κ3) is 5.52. The molecule has 6 heterocycles. The molecule has 0 spiro atoms. The van der Waals surface area contributed by atoms with Crippen molar-refractivity contribution in [2.45, 2.75) is 52.2 Å². The van der Waals surface area contributed by atoms with Crippen LogP contribution in [0.15, 0.2) is 36.8 Å². The van der Waals surface area contributed by atoms with Crippen molar-refractivity contribution in [3.8, 4) is 22.9 Å². The Bertz CT molecular complexity index is 1800. The molecule has 3 aliphatic rings. The van der Waals surface area contributed by atoms with Gasteiger partial charge in [0.2, 0.25) is 0 Å². The van der Waals surface area contributed by atoms with E-state index in [4.69, 9.17) is 31.2 Å². The molecular formula is C33H35ClN8O3. The number of ether oxygens (including phenoxy) is 2. The van der Waals surface area contributed by atoms with Crippen LogP contribution in [0.25, 0.3) is 22.2 Å². The number of nitrogens with zero attached hydrogens (tertiary/aromatic N) is 8. The molecular weight excluding hydrogens is 592 g/mol. The van der Waals surface area contributed by atoms with Gasteiger partial charge < -0.3 is 9.47 Å². The zero-order valence-corrected chi connectivity index (χ0v) is 26.4. The molecule has 3 aromatic heterocycles. The van der Waals surface area contributed by atoms with Crippen molar-refractivity contribution in [3.05, 3.63) is 58.9 Å². The van der Waals surface area contributed by atoms with E-state index in [0.717, 1.165) is 60.6 Å². The molecule has 3 aliphatic heterocycles. The highest BCUT2D eigenvalue weighted by atomic mass is 35.5. The Balaban J connectivity index is 1.29. The average molecular weight is 627 g/mol. The normalized spacial score (nSPS) is 20.6. The smallest absolute Gasteiger partial charge is 0.265 e. The van der Waals surface area contributed by atoms with Gasteiger partial charge in [0.05, 0.1) is 60.0 Å². The molecule has 0 aliphatic carbocycles. The number of hydrogen-bond donors (Lipinski definition) is 0. The van der Waals surface area contributed by atoms with Gasteiger partial charge in [-0.25, -0.2) is 19.6 Å². The van der Waals surface area contributed by atoms with E-state index in [1.54, 1.807) is 4.90 Å². The van der Waals surface area contributed by atoms with Crippen LogP contribution < -0.4 is 9.64 Å². The molecule has 2 fully saturated rings. The van der Waals surface area contributed by atoms with Gasteiger partial charge in [-0.15, -0.1) is 0 Å². The first kappa shape index (κ1) is 29.6. The van der Waals surface area contributed by atoms with Gasteiger partial charge in [0.15, 0.2) is 12.3 Å². The number of piperidine rings is 1. The molecule has 232 valence electrons. The lowest BCUT2D eigenvalue weighted by molar-refractivity contribution is -0.121. The molecule has 7 rings (SSSR count). The van der Waals surface area contributed by atoms with E-state index in [2.05, 4.69) is 46.4 Å². The van der Waals surface area contributed by atoms with Gasteiger partial charge in [-0.3, -0.25) is 14.6 Å². The quantitative estimate of drug-likeness (QED) is 0.284. The first-order valence-electron chi connectivity index (χ1n) is 15.5. The lowest BCUT2D eigenvalue weighted by atomic mass is 9.91. The van der Waals surface area contributed by atoms with Gasteiger partial charge >= 0.3 is 0 Å². The first-order valence-corrected chi connectivity index (χ1v) is 15.8. The van der Waals surface area contributed by atoms with Crippen LogP contribution in [0.1, 0.15) is 50.3 Å². The van der Waals surface area contributed by atoms with Crippen LogP contribution >= 0.6 is 11.6 Å². The number of nitriles is 1. The SMILES string of the molecule is CC(C)Cc1nc2c(cnn2C2CCN(C3COC3)CC2C)c(-c2ccc3c(c2)OCC(=O)N3Cc2ncc(Cl)cn2)c1C#N. The number of aromatic nitrogens is 5.